The van der Waals surface area contributed by atoms with Crippen LogP contribution in [0.3, 0.4) is 0 Å². The van der Waals surface area contributed by atoms with E-state index in [-0.39, 0.29) is 25.9 Å². The van der Waals surface area contributed by atoms with E-state index in [1.165, 1.54) is 135 Å². The molecule has 1 heterocycles. The number of hydrogen-bond acceptors (Lipinski definition) is 11. The molecule has 0 bridgehead atoms. The maximum atomic E-state index is 13.0. The fraction of sp³-hybridized carbons (Fsp3) is 0.891. The number of allylic oxidation sites excluding steroid dienone is 2. The zero-order valence-electron chi connectivity index (χ0n) is 42.9. The predicted octanol–water partition coefficient (Wildman–Crippen LogP) is 13.3. The zero-order chi connectivity index (χ0) is 49.0. The highest BCUT2D eigenvalue weighted by Gasteiger charge is 2.50. The summed E-state index contributed by atoms with van der Waals surface area (Å²) in [5.74, 6) is -3.10. The molecular formula is C55H100O12. The number of aliphatic hydroxyl groups is 2. The molecule has 6 atom stereocenters. The monoisotopic (exact) mass is 953 g/mol. The van der Waals surface area contributed by atoms with E-state index >= 15 is 0 Å². The summed E-state index contributed by atoms with van der Waals surface area (Å²) >= 11 is 0. The number of carboxylic acid groups (broad SMARTS) is 1. The van der Waals surface area contributed by atoms with Crippen molar-refractivity contribution in [2.24, 2.45) is 0 Å². The molecule has 1 aliphatic rings. The van der Waals surface area contributed by atoms with Crippen LogP contribution in [0.15, 0.2) is 12.2 Å². The molecule has 0 spiro atoms. The van der Waals surface area contributed by atoms with Gasteiger partial charge in [-0.1, -0.05) is 213 Å². The molecule has 1 saturated heterocycles. The Bertz CT molecular complexity index is 1230. The first-order valence-electron chi connectivity index (χ1n) is 27.7. The summed E-state index contributed by atoms with van der Waals surface area (Å²) in [5.41, 5.74) is 0. The van der Waals surface area contributed by atoms with Crippen molar-refractivity contribution in [3.8, 4) is 0 Å². The van der Waals surface area contributed by atoms with Crippen molar-refractivity contribution in [2.75, 3.05) is 13.2 Å². The van der Waals surface area contributed by atoms with Crippen molar-refractivity contribution in [1.82, 2.24) is 0 Å². The smallest absolute Gasteiger partial charge is 0.335 e. The Morgan fingerprint density at radius 3 is 1.27 bits per heavy atom. The summed E-state index contributed by atoms with van der Waals surface area (Å²) in [4.78, 5) is 50.8. The molecule has 0 aromatic rings. The molecule has 0 aromatic carbocycles. The summed E-state index contributed by atoms with van der Waals surface area (Å²) in [7, 11) is 0. The maximum absolute atomic E-state index is 13.0. The van der Waals surface area contributed by atoms with E-state index in [1.807, 2.05) is 0 Å². The number of ether oxygens (including phenoxy) is 5. The third-order valence-corrected chi connectivity index (χ3v) is 12.8. The number of aliphatic carboxylic acids is 1. The molecule has 0 amide bonds. The average Bonchev–Trinajstić information content (AvgIpc) is 3.31. The Kier molecular flexibility index (Phi) is 41.6. The minimum absolute atomic E-state index is 0.0615. The first kappa shape index (κ1) is 62.5. The van der Waals surface area contributed by atoms with Gasteiger partial charge < -0.3 is 39.0 Å². The lowest BCUT2D eigenvalue weighted by Gasteiger charge is -2.40. The van der Waals surface area contributed by atoms with Crippen molar-refractivity contribution >= 4 is 23.9 Å². The van der Waals surface area contributed by atoms with Crippen LogP contribution in [0, 0.1) is 0 Å². The van der Waals surface area contributed by atoms with Crippen LogP contribution in [0.25, 0.3) is 0 Å². The van der Waals surface area contributed by atoms with E-state index in [0.717, 1.165) is 70.6 Å². The molecule has 3 N–H and O–H groups in total. The van der Waals surface area contributed by atoms with Gasteiger partial charge in [-0.15, -0.1) is 0 Å². The van der Waals surface area contributed by atoms with Gasteiger partial charge in [-0.2, -0.15) is 0 Å². The number of unbranched alkanes of at least 4 members (excludes halogenated alkanes) is 31. The van der Waals surface area contributed by atoms with Crippen LogP contribution < -0.4 is 0 Å². The molecule has 392 valence electrons. The van der Waals surface area contributed by atoms with Gasteiger partial charge in [0.25, 0.3) is 0 Å². The third kappa shape index (κ3) is 35.3. The third-order valence-electron chi connectivity index (χ3n) is 12.8. The first-order valence-corrected chi connectivity index (χ1v) is 27.7. The highest BCUT2D eigenvalue weighted by Crippen LogP contribution is 2.26. The Morgan fingerprint density at radius 2 is 0.851 bits per heavy atom. The number of carboxylic acids is 1. The van der Waals surface area contributed by atoms with Crippen LogP contribution in [0.4, 0.5) is 0 Å². The van der Waals surface area contributed by atoms with Crippen molar-refractivity contribution in [3.05, 3.63) is 12.2 Å². The number of aliphatic hydroxyl groups excluding tert-OH is 2. The molecule has 1 aliphatic heterocycles. The largest absolute Gasteiger partial charge is 0.479 e. The van der Waals surface area contributed by atoms with Gasteiger partial charge in [0.1, 0.15) is 18.8 Å². The molecular weight excluding hydrogens is 853 g/mol. The lowest BCUT2D eigenvalue weighted by molar-refractivity contribution is -0.301. The van der Waals surface area contributed by atoms with Gasteiger partial charge in [0.05, 0.1) is 6.61 Å². The van der Waals surface area contributed by atoms with Crippen LogP contribution in [-0.4, -0.2) is 89.2 Å². The fourth-order valence-electron chi connectivity index (χ4n) is 8.54. The molecule has 12 heteroatoms. The highest BCUT2D eigenvalue weighted by atomic mass is 16.7. The van der Waals surface area contributed by atoms with Crippen molar-refractivity contribution < 1.29 is 58.2 Å². The van der Waals surface area contributed by atoms with Gasteiger partial charge in [-0.05, 0) is 44.9 Å². The summed E-state index contributed by atoms with van der Waals surface area (Å²) in [5, 5.41) is 31.3. The van der Waals surface area contributed by atoms with Crippen LogP contribution in [0.5, 0.6) is 0 Å². The molecule has 0 aliphatic carbocycles. The quantitative estimate of drug-likeness (QED) is 0.0228. The Labute approximate surface area is 407 Å². The molecule has 12 nitrogen and oxygen atoms in total. The predicted molar refractivity (Wildman–Crippen MR) is 267 cm³/mol. The molecule has 67 heavy (non-hydrogen) atoms. The van der Waals surface area contributed by atoms with Gasteiger partial charge >= 0.3 is 23.9 Å². The maximum Gasteiger partial charge on any atom is 0.335 e. The molecule has 1 fully saturated rings. The Balaban J connectivity index is 2.66. The Hall–Kier alpha value is -2.54. The van der Waals surface area contributed by atoms with E-state index in [9.17, 15) is 34.5 Å². The van der Waals surface area contributed by atoms with Gasteiger partial charge in [0, 0.05) is 19.3 Å². The summed E-state index contributed by atoms with van der Waals surface area (Å²) in [6.45, 7) is 5.96. The minimum Gasteiger partial charge on any atom is -0.479 e. The number of rotatable bonds is 47. The van der Waals surface area contributed by atoms with Crippen molar-refractivity contribution in [1.29, 1.82) is 0 Å². The van der Waals surface area contributed by atoms with Crippen LogP contribution in [-0.2, 0) is 42.9 Å². The van der Waals surface area contributed by atoms with Gasteiger partial charge in [-0.25, -0.2) is 4.79 Å². The first-order chi connectivity index (χ1) is 32.6. The van der Waals surface area contributed by atoms with E-state index in [0.29, 0.717) is 19.3 Å². The second-order valence-corrected chi connectivity index (χ2v) is 19.2. The lowest BCUT2D eigenvalue weighted by atomic mass is 9.98. The number of carbonyl (C=O) groups is 4. The van der Waals surface area contributed by atoms with Gasteiger partial charge in [-0.3, -0.25) is 14.4 Å². The zero-order valence-corrected chi connectivity index (χ0v) is 42.9. The lowest BCUT2D eigenvalue weighted by Crippen LogP contribution is -2.61. The van der Waals surface area contributed by atoms with E-state index in [4.69, 9.17) is 23.7 Å². The fourth-order valence-corrected chi connectivity index (χ4v) is 8.54. The molecule has 1 rings (SSSR count). The van der Waals surface area contributed by atoms with Crippen LogP contribution in [0.1, 0.15) is 265 Å². The highest BCUT2D eigenvalue weighted by molar-refractivity contribution is 5.74. The van der Waals surface area contributed by atoms with Crippen LogP contribution in [0.2, 0.25) is 0 Å². The molecule has 6 unspecified atom stereocenters. The summed E-state index contributed by atoms with van der Waals surface area (Å²) < 4.78 is 28.3. The summed E-state index contributed by atoms with van der Waals surface area (Å²) in [6, 6.07) is 0. The average molecular weight is 953 g/mol. The topological polar surface area (TPSA) is 175 Å². The standard InChI is InChI=1S/C55H100O12/c1-4-7-10-13-16-19-21-22-23-24-25-26-28-31-34-37-40-43-49(58)66-53-51(60)50(59)52(54(61)62)67-55(53)64-45-46(65-48(57)42-39-36-33-29-18-15-12-9-6-3)44-63-47(56)41-38-35-32-30-27-20-17-14-11-8-5-2/h22-23,46,50-53,55,59-60H,4-21,24-45H2,1-3H3,(H,61,62)/b23-22-. The van der Waals surface area contributed by atoms with Crippen molar-refractivity contribution in [3.63, 3.8) is 0 Å². The van der Waals surface area contributed by atoms with Gasteiger partial charge in [0.2, 0.25) is 0 Å². The minimum atomic E-state index is -1.90. The van der Waals surface area contributed by atoms with E-state index < -0.39 is 67.3 Å². The summed E-state index contributed by atoms with van der Waals surface area (Å²) in [6.07, 6.45) is 34.9. The SMILES string of the molecule is CCCCCCCC/C=C\CCCCCCCCCC(=O)OC1C(OCC(COC(=O)CCCCCCCCCCCCC)OC(=O)CCCCCCCCCCC)OC(C(=O)O)C(O)C1O. The van der Waals surface area contributed by atoms with Crippen molar-refractivity contribution in [2.45, 2.75) is 302 Å². The molecule has 0 radical (unpaired) electrons. The van der Waals surface area contributed by atoms with Crippen LogP contribution >= 0.6 is 0 Å². The van der Waals surface area contributed by atoms with Gasteiger partial charge in [0.15, 0.2) is 24.6 Å². The number of carbonyl (C=O) groups excluding carboxylic acids is 3. The van der Waals surface area contributed by atoms with E-state index in [2.05, 4.69) is 32.9 Å². The normalized spacial score (nSPS) is 18.9. The molecule has 0 aromatic heterocycles. The number of hydrogen-bond donors (Lipinski definition) is 3. The second-order valence-electron chi connectivity index (χ2n) is 19.2. The number of esters is 3. The second kappa shape index (κ2) is 44.7. The molecule has 0 saturated carbocycles. The van der Waals surface area contributed by atoms with E-state index in [1.54, 1.807) is 0 Å². The Morgan fingerprint density at radius 1 is 0.478 bits per heavy atom.